The highest BCUT2D eigenvalue weighted by atomic mass is 35.5. The molecule has 2 heterocycles. The second-order valence-corrected chi connectivity index (χ2v) is 9.37. The van der Waals surface area contributed by atoms with E-state index in [0.717, 1.165) is 53.5 Å². The van der Waals surface area contributed by atoms with E-state index in [1.165, 1.54) is 0 Å². The van der Waals surface area contributed by atoms with Crippen molar-refractivity contribution in [3.05, 3.63) is 70.9 Å². The first-order valence-corrected chi connectivity index (χ1v) is 12.0. The summed E-state index contributed by atoms with van der Waals surface area (Å²) in [6, 6.07) is 12.0. The zero-order valence-electron chi connectivity index (χ0n) is 18.7. The van der Waals surface area contributed by atoms with Crippen LogP contribution in [0.5, 0.6) is 0 Å². The lowest BCUT2D eigenvalue weighted by atomic mass is 9.45. The number of hydrogen-bond donors (Lipinski definition) is 0. The van der Waals surface area contributed by atoms with Crippen molar-refractivity contribution in [1.29, 1.82) is 5.26 Å². The van der Waals surface area contributed by atoms with Gasteiger partial charge in [-0.05, 0) is 60.3 Å². The van der Waals surface area contributed by atoms with Crippen molar-refractivity contribution >= 4 is 55.8 Å². The number of rotatable bonds is 5. The van der Waals surface area contributed by atoms with Crippen LogP contribution in [0.4, 0.5) is 11.4 Å². The van der Waals surface area contributed by atoms with Gasteiger partial charge in [-0.1, -0.05) is 30.3 Å². The molecular formula is C25H26BClN3O2P. The van der Waals surface area contributed by atoms with E-state index < -0.39 is 0 Å². The van der Waals surface area contributed by atoms with Gasteiger partial charge in [-0.3, -0.25) is 0 Å². The summed E-state index contributed by atoms with van der Waals surface area (Å²) in [5.74, 6) is 2.02. The Balaban J connectivity index is 1.74. The molecule has 0 saturated carbocycles. The zero-order valence-corrected chi connectivity index (χ0v) is 20.6. The Morgan fingerprint density at radius 3 is 2.58 bits per heavy atom. The Kier molecular flexibility index (Phi) is 7.12. The van der Waals surface area contributed by atoms with Crippen LogP contribution in [0.2, 0.25) is 17.7 Å². The van der Waals surface area contributed by atoms with Gasteiger partial charge in [0.2, 0.25) is 0 Å². The van der Waals surface area contributed by atoms with E-state index in [9.17, 15) is 10.1 Å². The van der Waals surface area contributed by atoms with Gasteiger partial charge in [0.05, 0.1) is 17.9 Å². The lowest BCUT2D eigenvalue weighted by Gasteiger charge is -2.35. The molecule has 2 aliphatic heterocycles. The number of nitriles is 1. The highest BCUT2D eigenvalue weighted by Crippen LogP contribution is 2.40. The monoisotopic (exact) mass is 477 g/mol. The van der Waals surface area contributed by atoms with Gasteiger partial charge in [-0.15, -0.1) is 9.24 Å². The van der Waals surface area contributed by atoms with Crippen LogP contribution in [0, 0.1) is 11.2 Å². The largest absolute Gasteiger partial charge is 0.462 e. The predicted octanol–water partition coefficient (Wildman–Crippen LogP) is 4.70. The number of esters is 1. The molecule has 1 fully saturated rings. The third-order valence-corrected chi connectivity index (χ3v) is 6.88. The minimum Gasteiger partial charge on any atom is -0.462 e. The number of nitrogens with zero attached hydrogens (tertiary/aromatic N) is 3. The summed E-state index contributed by atoms with van der Waals surface area (Å²) >= 11 is 6.07. The van der Waals surface area contributed by atoms with E-state index in [1.807, 2.05) is 30.5 Å². The SMILES string of the molecule is C=C1C(C(=O)OCC)=CN(Cc2ccc(Cl)cc2)c2cc(N3CCB(C#N)CC3)c(P)cc21. The van der Waals surface area contributed by atoms with Crippen LogP contribution in [0.25, 0.3) is 5.57 Å². The van der Waals surface area contributed by atoms with E-state index in [1.54, 1.807) is 6.92 Å². The number of anilines is 2. The second-order valence-electron chi connectivity index (χ2n) is 8.31. The summed E-state index contributed by atoms with van der Waals surface area (Å²) in [4.78, 5) is 17.1. The van der Waals surface area contributed by atoms with Crippen molar-refractivity contribution in [2.24, 2.45) is 0 Å². The molecule has 0 bridgehead atoms. The van der Waals surface area contributed by atoms with E-state index >= 15 is 0 Å². The minimum atomic E-state index is -0.373. The Bertz CT molecular complexity index is 1150. The van der Waals surface area contributed by atoms with Crippen LogP contribution >= 0.6 is 20.8 Å². The molecule has 5 nitrogen and oxygen atoms in total. The Morgan fingerprint density at radius 2 is 1.94 bits per heavy atom. The van der Waals surface area contributed by atoms with Crippen LogP contribution in [-0.4, -0.2) is 32.4 Å². The molecule has 1 atom stereocenters. The molecule has 2 aromatic rings. The molecule has 8 heteroatoms. The molecule has 2 aromatic carbocycles. The van der Waals surface area contributed by atoms with Gasteiger partial charge >= 0.3 is 5.97 Å². The molecule has 0 radical (unpaired) electrons. The molecule has 0 spiro atoms. The first-order chi connectivity index (χ1) is 15.9. The number of halogens is 1. The van der Waals surface area contributed by atoms with Gasteiger partial charge in [-0.25, -0.2) is 10.1 Å². The van der Waals surface area contributed by atoms with Crippen LogP contribution in [0.3, 0.4) is 0 Å². The van der Waals surface area contributed by atoms with E-state index in [-0.39, 0.29) is 12.7 Å². The van der Waals surface area contributed by atoms with Gasteiger partial charge < -0.3 is 14.5 Å². The van der Waals surface area contributed by atoms with Crippen molar-refractivity contribution < 1.29 is 9.53 Å². The molecule has 1 saturated heterocycles. The molecule has 1 unspecified atom stereocenters. The third-order valence-electron chi connectivity index (χ3n) is 6.17. The summed E-state index contributed by atoms with van der Waals surface area (Å²) in [6.07, 6.45) is 3.57. The summed E-state index contributed by atoms with van der Waals surface area (Å²) < 4.78 is 5.30. The van der Waals surface area contributed by atoms with E-state index in [0.29, 0.717) is 29.3 Å². The summed E-state index contributed by atoms with van der Waals surface area (Å²) in [5, 5.41) is 11.0. The molecule has 0 aliphatic carbocycles. The average Bonchev–Trinajstić information content (AvgIpc) is 2.82. The second kappa shape index (κ2) is 10.0. The Morgan fingerprint density at radius 1 is 1.24 bits per heavy atom. The van der Waals surface area contributed by atoms with Crippen LogP contribution in [0.15, 0.2) is 54.8 Å². The number of hydrogen-bond acceptors (Lipinski definition) is 5. The number of ether oxygens (including phenoxy) is 1. The lowest BCUT2D eigenvalue weighted by Crippen LogP contribution is -2.38. The molecule has 2 aliphatic rings. The van der Waals surface area contributed by atoms with E-state index in [2.05, 4.69) is 43.7 Å². The van der Waals surface area contributed by atoms with Crippen LogP contribution in [0.1, 0.15) is 18.1 Å². The van der Waals surface area contributed by atoms with E-state index in [4.69, 9.17) is 16.3 Å². The number of benzene rings is 2. The van der Waals surface area contributed by atoms with Gasteiger partial charge in [0.25, 0.3) is 6.71 Å². The fourth-order valence-electron chi connectivity index (χ4n) is 4.35. The van der Waals surface area contributed by atoms with Crippen molar-refractivity contribution in [1.82, 2.24) is 0 Å². The number of fused-ring (bicyclic) bond motifs is 1. The standard InChI is InChI=1S/C25H26BClN3O2P/c1-3-32-25(31)21-15-30(14-18-4-6-19(27)7-5-18)22-13-23(24(33)12-20(22)17(21)2)29-10-8-26(16-28)9-11-29/h4-7,12-13,15H,2-3,8-11,14,33H2,1H3. The van der Waals surface area contributed by atoms with Gasteiger partial charge in [-0.2, -0.15) is 0 Å². The molecule has 33 heavy (non-hydrogen) atoms. The maximum atomic E-state index is 12.7. The fourth-order valence-corrected chi connectivity index (χ4v) is 4.91. The summed E-state index contributed by atoms with van der Waals surface area (Å²) in [7, 11) is 2.82. The Labute approximate surface area is 202 Å². The lowest BCUT2D eigenvalue weighted by molar-refractivity contribution is -0.138. The highest BCUT2D eigenvalue weighted by molar-refractivity contribution is 7.28. The molecule has 0 amide bonds. The summed E-state index contributed by atoms with van der Waals surface area (Å²) in [5.41, 5.74) is 5.22. The smallest absolute Gasteiger partial charge is 0.340 e. The number of carbonyl (C=O) groups is 1. The van der Waals surface area contributed by atoms with Crippen molar-refractivity contribution in [2.45, 2.75) is 26.1 Å². The Hall–Kier alpha value is -2.74. The molecular weight excluding hydrogens is 452 g/mol. The molecule has 4 rings (SSSR count). The normalized spacial score (nSPS) is 15.6. The first-order valence-electron chi connectivity index (χ1n) is 11.1. The maximum absolute atomic E-state index is 12.7. The third kappa shape index (κ3) is 4.95. The minimum absolute atomic E-state index is 0.128. The molecule has 0 N–H and O–H groups in total. The van der Waals surface area contributed by atoms with Crippen molar-refractivity contribution in [3.63, 3.8) is 0 Å². The summed E-state index contributed by atoms with van der Waals surface area (Å²) in [6.45, 7) is 8.73. The van der Waals surface area contributed by atoms with Crippen LogP contribution < -0.4 is 15.1 Å². The van der Waals surface area contributed by atoms with Gasteiger partial charge in [0.1, 0.15) is 0 Å². The molecule has 168 valence electrons. The predicted molar refractivity (Wildman–Crippen MR) is 140 cm³/mol. The first kappa shape index (κ1) is 23.4. The average molecular weight is 478 g/mol. The fraction of sp³-hybridized carbons (Fsp3) is 0.280. The topological polar surface area (TPSA) is 56.6 Å². The van der Waals surface area contributed by atoms with Gasteiger partial charge in [0.15, 0.2) is 0 Å². The van der Waals surface area contributed by atoms with Gasteiger partial charge in [0, 0.05) is 48.1 Å². The zero-order chi connectivity index (χ0) is 23.5. The quantitative estimate of drug-likeness (QED) is 0.355. The number of carbonyl (C=O) groups excluding carboxylic acids is 1. The maximum Gasteiger partial charge on any atom is 0.340 e. The molecule has 0 aromatic heterocycles. The van der Waals surface area contributed by atoms with Crippen LogP contribution in [-0.2, 0) is 16.1 Å². The highest BCUT2D eigenvalue weighted by Gasteiger charge is 2.29. The van der Waals surface area contributed by atoms with Crippen molar-refractivity contribution in [2.75, 3.05) is 29.5 Å². The van der Waals surface area contributed by atoms with Crippen molar-refractivity contribution in [3.8, 4) is 5.97 Å².